The van der Waals surface area contributed by atoms with E-state index in [-0.39, 0.29) is 11.6 Å². The van der Waals surface area contributed by atoms with E-state index in [0.717, 1.165) is 5.92 Å². The highest BCUT2D eigenvalue weighted by atomic mass is 15.0. The van der Waals surface area contributed by atoms with Gasteiger partial charge in [-0.3, -0.25) is 5.32 Å². The largest absolute Gasteiger partial charge is 0.329 e. The molecule has 3 N–H and O–H groups in total. The Morgan fingerprint density at radius 3 is 2.93 bits per heavy atom. The van der Waals surface area contributed by atoms with E-state index < -0.39 is 0 Å². The average molecular weight is 208 g/mol. The first-order valence-corrected chi connectivity index (χ1v) is 6.09. The number of nitrogens with two attached hydrogens (primary N) is 1. The Morgan fingerprint density at radius 1 is 1.67 bits per heavy atom. The smallest absolute Gasteiger partial charge is 0.0663 e. The van der Waals surface area contributed by atoms with Crippen LogP contribution in [0.4, 0.5) is 0 Å². The van der Waals surface area contributed by atoms with Crippen LogP contribution in [0.5, 0.6) is 0 Å². The summed E-state index contributed by atoms with van der Waals surface area (Å²) in [6, 6.07) is 0.129. The lowest BCUT2D eigenvalue weighted by molar-refractivity contribution is 0.176. The average Bonchev–Trinajstić information content (AvgIpc) is 2.29. The molecule has 0 saturated heterocycles. The Bertz CT molecular complexity index is 231. The molecular weight excluding hydrogens is 184 g/mol. The van der Waals surface area contributed by atoms with Gasteiger partial charge in [0.25, 0.3) is 0 Å². The van der Waals surface area contributed by atoms with Crippen molar-refractivity contribution in [2.45, 2.75) is 57.5 Å². The molecule has 0 aromatic rings. The zero-order valence-corrected chi connectivity index (χ0v) is 10.1. The Hall–Kier alpha value is -0.520. The molecule has 86 valence electrons. The maximum atomic E-state index is 5.93. The Morgan fingerprint density at radius 2 is 2.40 bits per heavy atom. The summed E-state index contributed by atoms with van der Waals surface area (Å²) in [5.74, 6) is 3.56. The van der Waals surface area contributed by atoms with Crippen molar-refractivity contribution >= 4 is 0 Å². The second kappa shape index (κ2) is 5.53. The van der Waals surface area contributed by atoms with Gasteiger partial charge in [-0.2, -0.15) is 0 Å². The highest BCUT2D eigenvalue weighted by molar-refractivity contribution is 5.03. The number of nitrogens with one attached hydrogen (secondary N) is 1. The van der Waals surface area contributed by atoms with Crippen LogP contribution in [0.15, 0.2) is 0 Å². The SMILES string of the molecule is C#CC(C)NC1(CN)CCCC(CC)C1. The molecule has 0 aliphatic heterocycles. The Kier molecular flexibility index (Phi) is 4.63. The van der Waals surface area contributed by atoms with Gasteiger partial charge in [0.05, 0.1) is 6.04 Å². The number of hydrogen-bond donors (Lipinski definition) is 2. The lowest BCUT2D eigenvalue weighted by Gasteiger charge is -2.42. The molecule has 1 fully saturated rings. The van der Waals surface area contributed by atoms with Crippen molar-refractivity contribution in [1.82, 2.24) is 5.32 Å². The molecule has 0 heterocycles. The predicted octanol–water partition coefficient (Wildman–Crippen LogP) is 1.90. The quantitative estimate of drug-likeness (QED) is 0.692. The molecular formula is C13H24N2. The first-order valence-electron chi connectivity index (χ1n) is 6.09. The summed E-state index contributed by atoms with van der Waals surface area (Å²) in [5.41, 5.74) is 6.03. The summed E-state index contributed by atoms with van der Waals surface area (Å²) < 4.78 is 0. The van der Waals surface area contributed by atoms with E-state index in [0.29, 0.717) is 6.54 Å². The fourth-order valence-corrected chi connectivity index (χ4v) is 2.71. The summed E-state index contributed by atoms with van der Waals surface area (Å²) >= 11 is 0. The number of hydrogen-bond acceptors (Lipinski definition) is 2. The van der Waals surface area contributed by atoms with Crippen molar-refractivity contribution < 1.29 is 0 Å². The minimum absolute atomic E-state index is 0.102. The Balaban J connectivity index is 2.62. The highest BCUT2D eigenvalue weighted by Crippen LogP contribution is 2.33. The molecule has 0 radical (unpaired) electrons. The van der Waals surface area contributed by atoms with E-state index in [1.165, 1.54) is 32.1 Å². The van der Waals surface area contributed by atoms with Gasteiger partial charge in [-0.1, -0.05) is 32.1 Å². The fraction of sp³-hybridized carbons (Fsp3) is 0.846. The molecule has 15 heavy (non-hydrogen) atoms. The third-order valence-corrected chi connectivity index (χ3v) is 3.69. The topological polar surface area (TPSA) is 38.0 Å². The van der Waals surface area contributed by atoms with Crippen molar-refractivity contribution in [3.63, 3.8) is 0 Å². The third-order valence-electron chi connectivity index (χ3n) is 3.69. The van der Waals surface area contributed by atoms with Crippen LogP contribution in [0.3, 0.4) is 0 Å². The van der Waals surface area contributed by atoms with Gasteiger partial charge in [-0.25, -0.2) is 0 Å². The molecule has 2 heteroatoms. The second-order valence-electron chi connectivity index (χ2n) is 4.89. The van der Waals surface area contributed by atoms with Gasteiger partial charge in [0.15, 0.2) is 0 Å². The molecule has 1 aliphatic rings. The van der Waals surface area contributed by atoms with Crippen LogP contribution in [0, 0.1) is 18.3 Å². The van der Waals surface area contributed by atoms with Crippen molar-refractivity contribution in [2.75, 3.05) is 6.54 Å². The zero-order chi connectivity index (χ0) is 11.3. The van der Waals surface area contributed by atoms with Crippen LogP contribution in [0.2, 0.25) is 0 Å². The summed E-state index contributed by atoms with van der Waals surface area (Å²) in [4.78, 5) is 0. The molecule has 0 aromatic heterocycles. The molecule has 3 unspecified atom stereocenters. The van der Waals surface area contributed by atoms with E-state index in [1.807, 2.05) is 6.92 Å². The Labute approximate surface area is 94.0 Å². The van der Waals surface area contributed by atoms with Gasteiger partial charge in [-0.15, -0.1) is 6.42 Å². The van der Waals surface area contributed by atoms with E-state index in [2.05, 4.69) is 18.2 Å². The third kappa shape index (κ3) is 3.22. The zero-order valence-electron chi connectivity index (χ0n) is 10.1. The molecule has 1 saturated carbocycles. The van der Waals surface area contributed by atoms with Crippen LogP contribution in [-0.4, -0.2) is 18.1 Å². The molecule has 0 amide bonds. The number of rotatable bonds is 4. The van der Waals surface area contributed by atoms with Crippen molar-refractivity contribution in [3.8, 4) is 12.3 Å². The summed E-state index contributed by atoms with van der Waals surface area (Å²) in [7, 11) is 0. The standard InChI is InChI=1S/C13H24N2/c1-4-11(3)15-13(10-14)8-6-7-12(5-2)9-13/h1,11-12,15H,5-10,14H2,2-3H3. The number of terminal acetylenes is 1. The van der Waals surface area contributed by atoms with Crippen molar-refractivity contribution in [2.24, 2.45) is 11.7 Å². The second-order valence-corrected chi connectivity index (χ2v) is 4.89. The minimum Gasteiger partial charge on any atom is -0.329 e. The van der Waals surface area contributed by atoms with Gasteiger partial charge in [0.2, 0.25) is 0 Å². The first kappa shape index (κ1) is 12.5. The highest BCUT2D eigenvalue weighted by Gasteiger charge is 2.34. The normalized spacial score (nSPS) is 33.3. The minimum atomic E-state index is 0.102. The summed E-state index contributed by atoms with van der Waals surface area (Å²) in [5, 5.41) is 3.53. The molecule has 0 aromatic carbocycles. The van der Waals surface area contributed by atoms with Crippen LogP contribution < -0.4 is 11.1 Å². The van der Waals surface area contributed by atoms with Crippen molar-refractivity contribution in [3.05, 3.63) is 0 Å². The van der Waals surface area contributed by atoms with E-state index in [9.17, 15) is 0 Å². The van der Waals surface area contributed by atoms with E-state index in [4.69, 9.17) is 12.2 Å². The van der Waals surface area contributed by atoms with Gasteiger partial charge in [0, 0.05) is 12.1 Å². The lowest BCUT2D eigenvalue weighted by Crippen LogP contribution is -2.56. The van der Waals surface area contributed by atoms with Crippen molar-refractivity contribution in [1.29, 1.82) is 0 Å². The lowest BCUT2D eigenvalue weighted by atomic mass is 9.74. The molecule has 1 rings (SSSR count). The molecule has 0 spiro atoms. The first-order chi connectivity index (χ1) is 7.15. The summed E-state index contributed by atoms with van der Waals surface area (Å²) in [6.07, 6.45) is 11.7. The van der Waals surface area contributed by atoms with Gasteiger partial charge in [-0.05, 0) is 25.7 Å². The van der Waals surface area contributed by atoms with Gasteiger partial charge in [0.1, 0.15) is 0 Å². The van der Waals surface area contributed by atoms with Crippen LogP contribution in [0.25, 0.3) is 0 Å². The molecule has 0 bridgehead atoms. The van der Waals surface area contributed by atoms with Crippen LogP contribution in [-0.2, 0) is 0 Å². The van der Waals surface area contributed by atoms with E-state index >= 15 is 0 Å². The fourth-order valence-electron chi connectivity index (χ4n) is 2.71. The van der Waals surface area contributed by atoms with Crippen LogP contribution in [0.1, 0.15) is 46.0 Å². The maximum absolute atomic E-state index is 5.93. The predicted molar refractivity (Wildman–Crippen MR) is 65.5 cm³/mol. The maximum Gasteiger partial charge on any atom is 0.0663 e. The molecule has 2 nitrogen and oxygen atoms in total. The monoisotopic (exact) mass is 208 g/mol. The summed E-state index contributed by atoms with van der Waals surface area (Å²) in [6.45, 7) is 5.00. The molecule has 1 aliphatic carbocycles. The molecule has 3 atom stereocenters. The van der Waals surface area contributed by atoms with E-state index in [1.54, 1.807) is 0 Å². The van der Waals surface area contributed by atoms with Gasteiger partial charge < -0.3 is 5.73 Å². The van der Waals surface area contributed by atoms with Gasteiger partial charge >= 0.3 is 0 Å². The van der Waals surface area contributed by atoms with Crippen LogP contribution >= 0.6 is 0 Å².